The Hall–Kier alpha value is -3.55. The van der Waals surface area contributed by atoms with Gasteiger partial charge in [0.25, 0.3) is 5.91 Å². The molecule has 0 atom stereocenters. The van der Waals surface area contributed by atoms with Gasteiger partial charge in [0.05, 0.1) is 18.5 Å². The van der Waals surface area contributed by atoms with E-state index in [1.807, 2.05) is 29.2 Å². The van der Waals surface area contributed by atoms with Crippen LogP contribution in [0.3, 0.4) is 0 Å². The summed E-state index contributed by atoms with van der Waals surface area (Å²) in [7, 11) is 3.31. The lowest BCUT2D eigenvalue weighted by molar-refractivity contribution is -0.131. The van der Waals surface area contributed by atoms with Crippen molar-refractivity contribution in [2.75, 3.05) is 56.7 Å². The van der Waals surface area contributed by atoms with Crippen molar-refractivity contribution in [1.82, 2.24) is 4.90 Å². The highest BCUT2D eigenvalue weighted by molar-refractivity contribution is 6.02. The molecular weight excluding hydrogens is 410 g/mol. The second-order valence-electron chi connectivity index (χ2n) is 7.89. The van der Waals surface area contributed by atoms with Crippen molar-refractivity contribution in [3.05, 3.63) is 48.0 Å². The van der Waals surface area contributed by atoms with E-state index in [2.05, 4.69) is 4.90 Å². The van der Waals surface area contributed by atoms with Crippen LogP contribution in [-0.4, -0.2) is 69.4 Å². The lowest BCUT2D eigenvalue weighted by atomic mass is 10.0. The Morgan fingerprint density at radius 3 is 2.50 bits per heavy atom. The van der Waals surface area contributed by atoms with Crippen molar-refractivity contribution in [3.63, 3.8) is 0 Å². The van der Waals surface area contributed by atoms with Crippen molar-refractivity contribution >= 4 is 29.0 Å². The van der Waals surface area contributed by atoms with Crippen molar-refractivity contribution in [3.8, 4) is 11.5 Å². The van der Waals surface area contributed by atoms with Gasteiger partial charge < -0.3 is 24.2 Å². The van der Waals surface area contributed by atoms with Gasteiger partial charge >= 0.3 is 0 Å². The standard InChI is InChI=1S/C24H27N3O5/c1-25-19-15-17(7-9-22(19)32-16-24(25)30)20(28)8-10-23(29)27-13-11-26(12-14-27)18-5-3-4-6-21(18)31-2/h3-7,9,15H,8,10-14,16H2,1-2H3. The molecular formula is C24H27N3O5. The SMILES string of the molecule is COc1ccccc1N1CCN(C(=O)CCC(=O)c2ccc3c(c2)N(C)C(=O)CO3)CC1. The van der Waals surface area contributed by atoms with Gasteiger partial charge in [-0.1, -0.05) is 12.1 Å². The average molecular weight is 437 g/mol. The van der Waals surface area contributed by atoms with Crippen molar-refractivity contribution in [2.45, 2.75) is 12.8 Å². The second-order valence-corrected chi connectivity index (χ2v) is 7.89. The highest BCUT2D eigenvalue weighted by Crippen LogP contribution is 2.32. The van der Waals surface area contributed by atoms with E-state index in [0.29, 0.717) is 43.2 Å². The molecule has 32 heavy (non-hydrogen) atoms. The van der Waals surface area contributed by atoms with Crippen LogP contribution in [0.15, 0.2) is 42.5 Å². The molecule has 0 unspecified atom stereocenters. The summed E-state index contributed by atoms with van der Waals surface area (Å²) < 4.78 is 10.8. The van der Waals surface area contributed by atoms with Gasteiger partial charge in [0.1, 0.15) is 11.5 Å². The lowest BCUT2D eigenvalue weighted by Crippen LogP contribution is -2.48. The Balaban J connectivity index is 1.31. The third-order valence-corrected chi connectivity index (χ3v) is 5.99. The van der Waals surface area contributed by atoms with Crippen LogP contribution in [0.4, 0.5) is 11.4 Å². The summed E-state index contributed by atoms with van der Waals surface area (Å²) in [6, 6.07) is 12.9. The molecule has 2 aliphatic heterocycles. The number of Topliss-reactive ketones (excluding diaryl/α,β-unsaturated/α-hetero) is 1. The maximum Gasteiger partial charge on any atom is 0.264 e. The number of methoxy groups -OCH3 is 1. The van der Waals surface area contributed by atoms with Crippen molar-refractivity contribution in [2.24, 2.45) is 0 Å². The summed E-state index contributed by atoms with van der Waals surface area (Å²) in [6.45, 7) is 2.63. The minimum Gasteiger partial charge on any atom is -0.495 e. The highest BCUT2D eigenvalue weighted by atomic mass is 16.5. The molecule has 4 rings (SSSR count). The molecule has 2 aliphatic rings. The Kier molecular flexibility index (Phi) is 6.30. The van der Waals surface area contributed by atoms with Gasteiger partial charge in [-0.2, -0.15) is 0 Å². The van der Waals surface area contributed by atoms with E-state index in [1.165, 1.54) is 4.90 Å². The van der Waals surface area contributed by atoms with Gasteiger partial charge in [-0.15, -0.1) is 0 Å². The summed E-state index contributed by atoms with van der Waals surface area (Å²) in [4.78, 5) is 42.7. The number of anilines is 2. The molecule has 2 aromatic rings. The zero-order chi connectivity index (χ0) is 22.7. The first-order valence-electron chi connectivity index (χ1n) is 10.7. The monoisotopic (exact) mass is 437 g/mol. The van der Waals surface area contributed by atoms with E-state index >= 15 is 0 Å². The molecule has 0 bridgehead atoms. The number of rotatable bonds is 6. The number of para-hydroxylation sites is 2. The predicted molar refractivity (Wildman–Crippen MR) is 121 cm³/mol. The first-order valence-corrected chi connectivity index (χ1v) is 10.7. The number of ether oxygens (including phenoxy) is 2. The molecule has 0 N–H and O–H groups in total. The van der Waals surface area contributed by atoms with Gasteiger partial charge in [-0.3, -0.25) is 14.4 Å². The quantitative estimate of drug-likeness (QED) is 0.646. The number of amides is 2. The summed E-state index contributed by atoms with van der Waals surface area (Å²) in [5.74, 6) is 1.09. The molecule has 2 heterocycles. The van der Waals surface area contributed by atoms with E-state index < -0.39 is 0 Å². The number of benzene rings is 2. The maximum atomic E-state index is 12.7. The molecule has 2 amide bonds. The number of hydrogen-bond donors (Lipinski definition) is 0. The van der Waals surface area contributed by atoms with Crippen LogP contribution in [0.5, 0.6) is 11.5 Å². The largest absolute Gasteiger partial charge is 0.495 e. The van der Waals surface area contributed by atoms with Gasteiger partial charge in [0.15, 0.2) is 12.4 Å². The first-order chi connectivity index (χ1) is 15.5. The number of likely N-dealkylation sites (N-methyl/N-ethyl adjacent to an activating group) is 1. The Bertz CT molecular complexity index is 1030. The third kappa shape index (κ3) is 4.39. The number of hydrogen-bond acceptors (Lipinski definition) is 6. The second kappa shape index (κ2) is 9.30. The molecule has 1 saturated heterocycles. The smallest absolute Gasteiger partial charge is 0.264 e. The Morgan fingerprint density at radius 1 is 1.00 bits per heavy atom. The fraction of sp³-hybridized carbons (Fsp3) is 0.375. The molecule has 0 aromatic heterocycles. The van der Waals surface area contributed by atoms with Gasteiger partial charge in [-0.25, -0.2) is 0 Å². The van der Waals surface area contributed by atoms with Crippen LogP contribution in [0.25, 0.3) is 0 Å². The minimum atomic E-state index is -0.162. The molecule has 8 nitrogen and oxygen atoms in total. The fourth-order valence-electron chi connectivity index (χ4n) is 4.06. The topological polar surface area (TPSA) is 79.4 Å². The van der Waals surface area contributed by atoms with Gasteiger partial charge in [0.2, 0.25) is 5.91 Å². The van der Waals surface area contributed by atoms with Crippen LogP contribution in [0.1, 0.15) is 23.2 Å². The molecule has 0 aliphatic carbocycles. The summed E-state index contributed by atoms with van der Waals surface area (Å²) in [5.41, 5.74) is 2.07. The zero-order valence-electron chi connectivity index (χ0n) is 18.4. The normalized spacial score (nSPS) is 15.8. The van der Waals surface area contributed by atoms with Gasteiger partial charge in [-0.05, 0) is 30.3 Å². The predicted octanol–water partition coefficient (Wildman–Crippen LogP) is 2.36. The van der Waals surface area contributed by atoms with Crippen LogP contribution < -0.4 is 19.3 Å². The molecule has 1 fully saturated rings. The Morgan fingerprint density at radius 2 is 1.75 bits per heavy atom. The minimum absolute atomic E-state index is 0.00435. The molecule has 168 valence electrons. The number of ketones is 1. The molecule has 0 spiro atoms. The van der Waals surface area contributed by atoms with E-state index in [4.69, 9.17) is 9.47 Å². The van der Waals surface area contributed by atoms with E-state index in [9.17, 15) is 14.4 Å². The summed E-state index contributed by atoms with van der Waals surface area (Å²) >= 11 is 0. The summed E-state index contributed by atoms with van der Waals surface area (Å²) in [5, 5.41) is 0. The first kappa shape index (κ1) is 21.7. The maximum absolute atomic E-state index is 12.7. The zero-order valence-corrected chi connectivity index (χ0v) is 18.4. The molecule has 0 radical (unpaired) electrons. The molecule has 2 aromatic carbocycles. The molecule has 8 heteroatoms. The third-order valence-electron chi connectivity index (χ3n) is 5.99. The van der Waals surface area contributed by atoms with E-state index in [-0.39, 0.29) is 37.0 Å². The molecule has 0 saturated carbocycles. The fourth-order valence-corrected chi connectivity index (χ4v) is 4.06. The highest BCUT2D eigenvalue weighted by Gasteiger charge is 2.25. The number of nitrogens with zero attached hydrogens (tertiary/aromatic N) is 3. The van der Waals surface area contributed by atoms with Crippen LogP contribution >= 0.6 is 0 Å². The van der Waals surface area contributed by atoms with E-state index in [1.54, 1.807) is 32.4 Å². The van der Waals surface area contributed by atoms with Crippen LogP contribution in [0, 0.1) is 0 Å². The van der Waals surface area contributed by atoms with Crippen LogP contribution in [-0.2, 0) is 9.59 Å². The average Bonchev–Trinajstić information content (AvgIpc) is 2.84. The number of fused-ring (bicyclic) bond motifs is 1. The number of piperazine rings is 1. The van der Waals surface area contributed by atoms with E-state index in [0.717, 1.165) is 11.4 Å². The van der Waals surface area contributed by atoms with Crippen molar-refractivity contribution in [1.29, 1.82) is 0 Å². The number of carbonyl (C=O) groups excluding carboxylic acids is 3. The van der Waals surface area contributed by atoms with Crippen molar-refractivity contribution < 1.29 is 23.9 Å². The Labute approximate surface area is 187 Å². The summed E-state index contributed by atoms with van der Waals surface area (Å²) in [6.07, 6.45) is 0.290. The lowest BCUT2D eigenvalue weighted by Gasteiger charge is -2.36. The number of carbonyl (C=O) groups is 3. The van der Waals surface area contributed by atoms with Crippen LogP contribution in [0.2, 0.25) is 0 Å². The van der Waals surface area contributed by atoms with Gasteiger partial charge in [0, 0.05) is 51.6 Å².